The minimum atomic E-state index is -4.77. The maximum absolute atomic E-state index is 12.9. The number of ether oxygens (including phenoxy) is 1. The second-order valence-electron chi connectivity index (χ2n) is 10.1. The molecule has 0 bridgehead atoms. The molecule has 3 amide bonds. The van der Waals surface area contributed by atoms with Crippen molar-refractivity contribution in [3.8, 4) is 22.8 Å². The van der Waals surface area contributed by atoms with Crippen molar-refractivity contribution in [2.24, 2.45) is 4.99 Å². The standard InChI is InChI=1S/C30H27F3N6O3S/c1-17(2)23-11-5-18(3)13-25(23)39-26(40)15-43-29(39)36-28(41)35-20-6-12-24(19(4)14-20)27-34-16-38(37-27)21-7-9-22(10-8-21)42-30(31,32)33/h5-14,16-17H,15H2,1-4H3,(H,35,41). The van der Waals surface area contributed by atoms with Crippen LogP contribution < -0.4 is 15.0 Å². The summed E-state index contributed by atoms with van der Waals surface area (Å²) in [5.41, 5.74) is 5.18. The van der Waals surface area contributed by atoms with E-state index in [0.29, 0.717) is 27.9 Å². The first-order chi connectivity index (χ1) is 20.4. The van der Waals surface area contributed by atoms with Crippen LogP contribution in [0.1, 0.15) is 36.5 Å². The van der Waals surface area contributed by atoms with Crippen LogP contribution in [0.3, 0.4) is 0 Å². The third-order valence-corrected chi connectivity index (χ3v) is 7.48. The molecule has 13 heteroatoms. The summed E-state index contributed by atoms with van der Waals surface area (Å²) in [6.07, 6.45) is -3.32. The minimum Gasteiger partial charge on any atom is -0.406 e. The van der Waals surface area contributed by atoms with Gasteiger partial charge in [-0.05, 0) is 85.0 Å². The molecule has 9 nitrogen and oxygen atoms in total. The van der Waals surface area contributed by atoms with E-state index in [4.69, 9.17) is 0 Å². The van der Waals surface area contributed by atoms with Crippen molar-refractivity contribution >= 4 is 40.2 Å². The van der Waals surface area contributed by atoms with Crippen LogP contribution in [0.2, 0.25) is 0 Å². The fraction of sp³-hybridized carbons (Fsp3) is 0.233. The van der Waals surface area contributed by atoms with Gasteiger partial charge in [-0.15, -0.1) is 18.3 Å². The number of rotatable bonds is 6. The number of urea groups is 1. The number of hydrogen-bond donors (Lipinski definition) is 1. The average Bonchev–Trinajstić information content (AvgIpc) is 3.55. The van der Waals surface area contributed by atoms with Crippen molar-refractivity contribution in [2.45, 2.75) is 40.0 Å². The number of amides is 3. The predicted molar refractivity (Wildman–Crippen MR) is 160 cm³/mol. The lowest BCUT2D eigenvalue weighted by molar-refractivity contribution is -0.274. The number of aromatic nitrogens is 3. The van der Waals surface area contributed by atoms with Crippen LogP contribution in [0.5, 0.6) is 5.75 Å². The molecule has 0 radical (unpaired) electrons. The lowest BCUT2D eigenvalue weighted by atomic mass is 9.99. The number of aryl methyl sites for hydroxylation is 2. The zero-order valence-electron chi connectivity index (χ0n) is 23.6. The summed E-state index contributed by atoms with van der Waals surface area (Å²) in [7, 11) is 0. The molecule has 43 heavy (non-hydrogen) atoms. The topological polar surface area (TPSA) is 102 Å². The van der Waals surface area contributed by atoms with E-state index in [1.165, 1.54) is 51.9 Å². The molecule has 4 aromatic rings. The highest BCUT2D eigenvalue weighted by atomic mass is 32.2. The van der Waals surface area contributed by atoms with Crippen LogP contribution in [0.15, 0.2) is 72.0 Å². The zero-order chi connectivity index (χ0) is 30.9. The van der Waals surface area contributed by atoms with E-state index < -0.39 is 12.4 Å². The molecule has 5 rings (SSSR count). The molecule has 3 aromatic carbocycles. The number of hydrogen-bond acceptors (Lipinski definition) is 6. The largest absolute Gasteiger partial charge is 0.573 e. The highest BCUT2D eigenvalue weighted by Crippen LogP contribution is 2.34. The molecule has 0 saturated carbocycles. The molecule has 1 N–H and O–H groups in total. The van der Waals surface area contributed by atoms with Gasteiger partial charge in [0.2, 0.25) is 5.91 Å². The van der Waals surface area contributed by atoms with Gasteiger partial charge in [0.15, 0.2) is 11.0 Å². The molecule has 1 aliphatic rings. The number of halogens is 3. The number of carbonyl (C=O) groups excluding carboxylic acids is 2. The second-order valence-corrected chi connectivity index (χ2v) is 11.1. The van der Waals surface area contributed by atoms with E-state index in [0.717, 1.165) is 22.4 Å². The molecule has 0 unspecified atom stereocenters. The quantitative estimate of drug-likeness (QED) is 0.248. The monoisotopic (exact) mass is 608 g/mol. The van der Waals surface area contributed by atoms with Gasteiger partial charge in [0, 0.05) is 11.3 Å². The fourth-order valence-corrected chi connectivity index (χ4v) is 5.42. The van der Waals surface area contributed by atoms with Crippen molar-refractivity contribution < 1.29 is 27.5 Å². The molecule has 2 heterocycles. The molecule has 0 aliphatic carbocycles. The lowest BCUT2D eigenvalue weighted by Gasteiger charge is -2.22. The smallest absolute Gasteiger partial charge is 0.406 e. The van der Waals surface area contributed by atoms with Gasteiger partial charge in [0.1, 0.15) is 12.1 Å². The van der Waals surface area contributed by atoms with E-state index in [1.54, 1.807) is 18.2 Å². The number of aliphatic imine (C=N–C) groups is 1. The summed E-state index contributed by atoms with van der Waals surface area (Å²) in [5, 5.41) is 7.51. The lowest BCUT2D eigenvalue weighted by Crippen LogP contribution is -2.31. The van der Waals surface area contributed by atoms with E-state index in [-0.39, 0.29) is 23.3 Å². The van der Waals surface area contributed by atoms with Crippen molar-refractivity contribution in [3.05, 3.63) is 83.7 Å². The normalized spacial score (nSPS) is 14.6. The fourth-order valence-electron chi connectivity index (χ4n) is 4.56. The molecule has 1 fully saturated rings. The first-order valence-corrected chi connectivity index (χ1v) is 14.2. The highest BCUT2D eigenvalue weighted by molar-refractivity contribution is 8.15. The molecule has 222 valence electrons. The maximum atomic E-state index is 12.9. The number of amidine groups is 1. The highest BCUT2D eigenvalue weighted by Gasteiger charge is 2.33. The van der Waals surface area contributed by atoms with Crippen molar-refractivity contribution in [1.29, 1.82) is 0 Å². The Hall–Kier alpha value is -4.65. The average molecular weight is 609 g/mol. The number of thioether (sulfide) groups is 1. The van der Waals surface area contributed by atoms with E-state index >= 15 is 0 Å². The molecular weight excluding hydrogens is 581 g/mol. The number of alkyl halides is 3. The van der Waals surface area contributed by atoms with Crippen LogP contribution in [-0.2, 0) is 4.79 Å². The summed E-state index contributed by atoms with van der Waals surface area (Å²) in [5.74, 6) is 0.279. The minimum absolute atomic E-state index is 0.137. The van der Waals surface area contributed by atoms with Gasteiger partial charge in [-0.25, -0.2) is 14.5 Å². The third-order valence-electron chi connectivity index (χ3n) is 6.56. The van der Waals surface area contributed by atoms with Crippen LogP contribution in [0.4, 0.5) is 29.3 Å². The van der Waals surface area contributed by atoms with Crippen LogP contribution in [0.25, 0.3) is 17.1 Å². The van der Waals surface area contributed by atoms with Gasteiger partial charge in [0.05, 0.1) is 17.1 Å². The Morgan fingerprint density at radius 2 is 1.81 bits per heavy atom. The number of nitrogens with one attached hydrogen (secondary N) is 1. The van der Waals surface area contributed by atoms with E-state index in [9.17, 15) is 22.8 Å². The van der Waals surface area contributed by atoms with E-state index in [1.807, 2.05) is 45.9 Å². The Bertz CT molecular complexity index is 1720. The molecule has 1 aromatic heterocycles. The maximum Gasteiger partial charge on any atom is 0.573 e. The Morgan fingerprint density at radius 1 is 1.07 bits per heavy atom. The number of benzene rings is 3. The number of carbonyl (C=O) groups is 2. The van der Waals surface area contributed by atoms with Crippen molar-refractivity contribution in [2.75, 3.05) is 16.0 Å². The molecule has 1 saturated heterocycles. The van der Waals surface area contributed by atoms with Crippen LogP contribution in [-0.4, -0.2) is 44.0 Å². The van der Waals surface area contributed by atoms with Crippen LogP contribution >= 0.6 is 11.8 Å². The SMILES string of the molecule is Cc1ccc(C(C)C)c(N2C(=O)CSC2=NC(=O)Nc2ccc(-c3ncn(-c4ccc(OC(F)(F)F)cc4)n3)c(C)c2)c1. The summed E-state index contributed by atoms with van der Waals surface area (Å²) >= 11 is 1.21. The molecule has 0 spiro atoms. The first kappa shape index (κ1) is 29.8. The Balaban J connectivity index is 1.31. The Labute approximate surface area is 249 Å². The third kappa shape index (κ3) is 6.88. The Kier molecular flexibility index (Phi) is 8.27. The van der Waals surface area contributed by atoms with Crippen molar-refractivity contribution in [3.63, 3.8) is 0 Å². The molecular formula is C30H27F3N6O3S. The summed E-state index contributed by atoms with van der Waals surface area (Å²) in [4.78, 5) is 35.8. The van der Waals surface area contributed by atoms with E-state index in [2.05, 4.69) is 25.1 Å². The van der Waals surface area contributed by atoms with Gasteiger partial charge >= 0.3 is 12.4 Å². The summed E-state index contributed by atoms with van der Waals surface area (Å²) in [6.45, 7) is 7.88. The van der Waals surface area contributed by atoms with Gasteiger partial charge in [-0.3, -0.25) is 9.69 Å². The Morgan fingerprint density at radius 3 is 2.49 bits per heavy atom. The summed E-state index contributed by atoms with van der Waals surface area (Å²) < 4.78 is 42.6. The van der Waals surface area contributed by atoms with Gasteiger partial charge in [-0.2, -0.15) is 4.99 Å². The number of anilines is 2. The van der Waals surface area contributed by atoms with Gasteiger partial charge in [-0.1, -0.05) is 37.7 Å². The van der Waals surface area contributed by atoms with Gasteiger partial charge in [0.25, 0.3) is 0 Å². The predicted octanol–water partition coefficient (Wildman–Crippen LogP) is 7.24. The van der Waals surface area contributed by atoms with Gasteiger partial charge < -0.3 is 10.1 Å². The van der Waals surface area contributed by atoms with Crippen molar-refractivity contribution in [1.82, 2.24) is 14.8 Å². The molecule has 1 aliphatic heterocycles. The second kappa shape index (κ2) is 11.9. The first-order valence-electron chi connectivity index (χ1n) is 13.2. The number of nitrogens with zero attached hydrogens (tertiary/aromatic N) is 5. The molecule has 0 atom stereocenters. The van der Waals surface area contributed by atoms with Crippen LogP contribution in [0, 0.1) is 13.8 Å². The zero-order valence-corrected chi connectivity index (χ0v) is 24.5. The summed E-state index contributed by atoms with van der Waals surface area (Å²) in [6, 6.07) is 15.8.